The van der Waals surface area contributed by atoms with Crippen molar-refractivity contribution in [2.24, 2.45) is 0 Å². The van der Waals surface area contributed by atoms with Gasteiger partial charge in [-0.15, -0.1) is 5.06 Å². The van der Waals surface area contributed by atoms with Crippen molar-refractivity contribution in [2.45, 2.75) is 38.0 Å². The third-order valence-electron chi connectivity index (χ3n) is 5.79. The van der Waals surface area contributed by atoms with Gasteiger partial charge in [-0.1, -0.05) is 49.6 Å². The molecule has 2 aliphatic rings. The van der Waals surface area contributed by atoms with Gasteiger partial charge in [0.25, 0.3) is 0 Å². The van der Waals surface area contributed by atoms with Crippen LogP contribution in [0.5, 0.6) is 0 Å². The zero-order valence-electron chi connectivity index (χ0n) is 15.8. The summed E-state index contributed by atoms with van der Waals surface area (Å²) >= 11 is 0. The lowest BCUT2D eigenvalue weighted by molar-refractivity contribution is -0.112. The fraction of sp³-hybridized carbons (Fsp3) is 0.435. The van der Waals surface area contributed by atoms with Crippen molar-refractivity contribution in [2.75, 3.05) is 31.1 Å². The van der Waals surface area contributed by atoms with E-state index in [0.29, 0.717) is 5.56 Å². The summed E-state index contributed by atoms with van der Waals surface area (Å²) in [7, 11) is 0. The van der Waals surface area contributed by atoms with Crippen LogP contribution in [0.1, 0.15) is 53.9 Å². The summed E-state index contributed by atoms with van der Waals surface area (Å²) < 4.78 is 0. The summed E-state index contributed by atoms with van der Waals surface area (Å²) in [5.74, 6) is 0.475. The minimum Gasteiger partial charge on any atom is -0.369 e. The van der Waals surface area contributed by atoms with E-state index < -0.39 is 0 Å². The molecule has 0 unspecified atom stereocenters. The molecule has 0 radical (unpaired) electrons. The molecule has 1 saturated carbocycles. The van der Waals surface area contributed by atoms with Crippen LogP contribution in [-0.2, 0) is 4.84 Å². The fourth-order valence-corrected chi connectivity index (χ4v) is 4.18. The molecule has 0 bridgehead atoms. The van der Waals surface area contributed by atoms with Gasteiger partial charge in [-0.3, -0.25) is 0 Å². The van der Waals surface area contributed by atoms with E-state index in [9.17, 15) is 4.79 Å². The molecule has 4 rings (SSSR count). The van der Waals surface area contributed by atoms with E-state index in [1.807, 2.05) is 18.2 Å². The number of anilines is 1. The summed E-state index contributed by atoms with van der Waals surface area (Å²) in [6.07, 6.45) is 6.81. The molecule has 0 amide bonds. The standard InChI is InChI=1S/C23H28N2O2/c26-23(21-9-5-2-6-10-21)27-25-17-15-24(16-18-25)22-13-11-20(12-14-22)19-7-3-1-4-8-19/h2,5-6,9-14,19H,1,3-4,7-8,15-18H2. The molecule has 1 saturated heterocycles. The Morgan fingerprint density at radius 3 is 2.15 bits per heavy atom. The summed E-state index contributed by atoms with van der Waals surface area (Å²) in [5.41, 5.74) is 3.36. The van der Waals surface area contributed by atoms with Crippen molar-refractivity contribution in [1.29, 1.82) is 0 Å². The molecule has 2 fully saturated rings. The largest absolute Gasteiger partial charge is 0.369 e. The number of benzene rings is 2. The van der Waals surface area contributed by atoms with E-state index in [4.69, 9.17) is 4.84 Å². The molecule has 1 aliphatic carbocycles. The Morgan fingerprint density at radius 2 is 1.48 bits per heavy atom. The maximum absolute atomic E-state index is 12.2. The zero-order valence-corrected chi connectivity index (χ0v) is 15.8. The maximum atomic E-state index is 12.2. The minimum absolute atomic E-state index is 0.277. The van der Waals surface area contributed by atoms with Crippen molar-refractivity contribution in [3.05, 3.63) is 65.7 Å². The lowest BCUT2D eigenvalue weighted by Gasteiger charge is -2.35. The fourth-order valence-electron chi connectivity index (χ4n) is 4.18. The first-order chi connectivity index (χ1) is 13.3. The van der Waals surface area contributed by atoms with E-state index in [2.05, 4.69) is 29.2 Å². The number of carbonyl (C=O) groups excluding carboxylic acids is 1. The molecule has 4 nitrogen and oxygen atoms in total. The van der Waals surface area contributed by atoms with Gasteiger partial charge >= 0.3 is 5.97 Å². The highest BCUT2D eigenvalue weighted by atomic mass is 16.7. The summed E-state index contributed by atoms with van der Waals surface area (Å²) in [6.45, 7) is 3.18. The number of hydrogen-bond donors (Lipinski definition) is 0. The maximum Gasteiger partial charge on any atom is 0.357 e. The van der Waals surface area contributed by atoms with Gasteiger partial charge in [0, 0.05) is 18.8 Å². The number of hydroxylamine groups is 2. The molecule has 0 N–H and O–H groups in total. The topological polar surface area (TPSA) is 32.8 Å². The first-order valence-electron chi connectivity index (χ1n) is 10.2. The lowest BCUT2D eigenvalue weighted by Crippen LogP contribution is -2.47. The normalized spacial score (nSPS) is 19.0. The van der Waals surface area contributed by atoms with Crippen molar-refractivity contribution < 1.29 is 9.63 Å². The molecular formula is C23H28N2O2. The van der Waals surface area contributed by atoms with Gasteiger partial charge in [0.2, 0.25) is 0 Å². The Balaban J connectivity index is 1.29. The van der Waals surface area contributed by atoms with E-state index in [1.54, 1.807) is 17.2 Å². The number of carbonyl (C=O) groups is 1. The average Bonchev–Trinajstić information content (AvgIpc) is 2.76. The third kappa shape index (κ3) is 4.51. The second-order valence-electron chi connectivity index (χ2n) is 7.59. The van der Waals surface area contributed by atoms with Gasteiger partial charge in [0.1, 0.15) is 0 Å². The lowest BCUT2D eigenvalue weighted by atomic mass is 9.84. The summed E-state index contributed by atoms with van der Waals surface area (Å²) in [4.78, 5) is 20.1. The molecule has 2 aromatic carbocycles. The van der Waals surface area contributed by atoms with Gasteiger partial charge < -0.3 is 9.74 Å². The first-order valence-corrected chi connectivity index (χ1v) is 10.2. The molecule has 142 valence electrons. The van der Waals surface area contributed by atoms with Crippen LogP contribution in [0.2, 0.25) is 0 Å². The smallest absolute Gasteiger partial charge is 0.357 e. The van der Waals surface area contributed by atoms with Crippen molar-refractivity contribution in [3.63, 3.8) is 0 Å². The van der Waals surface area contributed by atoms with E-state index >= 15 is 0 Å². The highest BCUT2D eigenvalue weighted by molar-refractivity contribution is 5.89. The molecule has 4 heteroatoms. The van der Waals surface area contributed by atoms with Crippen LogP contribution >= 0.6 is 0 Å². The molecular weight excluding hydrogens is 336 g/mol. The second kappa shape index (κ2) is 8.57. The van der Waals surface area contributed by atoms with E-state index in [1.165, 1.54) is 43.4 Å². The minimum atomic E-state index is -0.277. The molecule has 2 aromatic rings. The van der Waals surface area contributed by atoms with Gasteiger partial charge in [-0.2, -0.15) is 0 Å². The Hall–Kier alpha value is -2.33. The van der Waals surface area contributed by atoms with Crippen molar-refractivity contribution in [1.82, 2.24) is 5.06 Å². The van der Waals surface area contributed by atoms with Gasteiger partial charge in [0.15, 0.2) is 0 Å². The van der Waals surface area contributed by atoms with Crippen molar-refractivity contribution in [3.8, 4) is 0 Å². The molecule has 27 heavy (non-hydrogen) atoms. The molecule has 1 aliphatic heterocycles. The van der Waals surface area contributed by atoms with Crippen LogP contribution in [0.4, 0.5) is 5.69 Å². The average molecular weight is 364 g/mol. The quantitative estimate of drug-likeness (QED) is 0.792. The van der Waals surface area contributed by atoms with E-state index in [0.717, 1.165) is 32.1 Å². The Kier molecular flexibility index (Phi) is 5.73. The Bertz CT molecular complexity index is 731. The van der Waals surface area contributed by atoms with Gasteiger partial charge in [-0.05, 0) is 48.6 Å². The molecule has 1 heterocycles. The number of hydrogen-bond acceptors (Lipinski definition) is 4. The van der Waals surface area contributed by atoms with Crippen LogP contribution in [0.3, 0.4) is 0 Å². The Morgan fingerprint density at radius 1 is 0.815 bits per heavy atom. The predicted octanol–water partition coefficient (Wildman–Crippen LogP) is 4.63. The van der Waals surface area contributed by atoms with Gasteiger partial charge in [-0.25, -0.2) is 4.79 Å². The van der Waals surface area contributed by atoms with Crippen LogP contribution in [0.25, 0.3) is 0 Å². The van der Waals surface area contributed by atoms with Crippen LogP contribution in [0.15, 0.2) is 54.6 Å². The number of nitrogens with zero attached hydrogens (tertiary/aromatic N) is 2. The molecule has 0 spiro atoms. The van der Waals surface area contributed by atoms with E-state index in [-0.39, 0.29) is 5.97 Å². The van der Waals surface area contributed by atoms with Crippen LogP contribution in [0, 0.1) is 0 Å². The Labute approximate surface area is 161 Å². The van der Waals surface area contributed by atoms with Gasteiger partial charge in [0.05, 0.1) is 18.7 Å². The number of rotatable bonds is 4. The van der Waals surface area contributed by atoms with Crippen LogP contribution in [-0.4, -0.2) is 37.2 Å². The first kappa shape index (κ1) is 18.1. The molecule has 0 atom stereocenters. The zero-order chi connectivity index (χ0) is 18.5. The summed E-state index contributed by atoms with van der Waals surface area (Å²) in [5, 5.41) is 1.78. The molecule has 0 aromatic heterocycles. The van der Waals surface area contributed by atoms with Crippen LogP contribution < -0.4 is 4.90 Å². The predicted molar refractivity (Wildman–Crippen MR) is 108 cm³/mol. The van der Waals surface area contributed by atoms with Crippen molar-refractivity contribution >= 4 is 11.7 Å². The highest BCUT2D eigenvalue weighted by Crippen LogP contribution is 2.33. The second-order valence-corrected chi connectivity index (χ2v) is 7.59. The SMILES string of the molecule is O=C(ON1CCN(c2ccc(C3CCCCC3)cc2)CC1)c1ccccc1. The highest BCUT2D eigenvalue weighted by Gasteiger charge is 2.21. The third-order valence-corrected chi connectivity index (χ3v) is 5.79. The number of piperazine rings is 1. The monoisotopic (exact) mass is 364 g/mol. The summed E-state index contributed by atoms with van der Waals surface area (Å²) in [6, 6.07) is 18.3.